The summed E-state index contributed by atoms with van der Waals surface area (Å²) >= 11 is 0. The molecule has 2 atom stereocenters. The maximum absolute atomic E-state index is 8.89. The second kappa shape index (κ2) is 9.27. The van der Waals surface area contributed by atoms with Crippen molar-refractivity contribution in [1.82, 2.24) is 0 Å². The van der Waals surface area contributed by atoms with Gasteiger partial charge in [0.05, 0.1) is 12.7 Å². The van der Waals surface area contributed by atoms with Gasteiger partial charge in [0.2, 0.25) is 0 Å². The van der Waals surface area contributed by atoms with Crippen LogP contribution in [0, 0.1) is 30.1 Å². The minimum atomic E-state index is 0.154. The molecule has 0 radical (unpaired) electrons. The number of aryl methyl sites for hydroxylation is 1. The fourth-order valence-corrected chi connectivity index (χ4v) is 4.01. The van der Waals surface area contributed by atoms with E-state index in [9.17, 15) is 0 Å². The van der Waals surface area contributed by atoms with Crippen LogP contribution in [0.1, 0.15) is 75.8 Å². The van der Waals surface area contributed by atoms with Crippen LogP contribution in [0.25, 0.3) is 0 Å². The van der Waals surface area contributed by atoms with E-state index in [4.69, 9.17) is 10.00 Å². The minimum absolute atomic E-state index is 0.154. The van der Waals surface area contributed by atoms with Crippen molar-refractivity contribution in [2.45, 2.75) is 71.6 Å². The second-order valence-corrected chi connectivity index (χ2v) is 8.28. The Kier molecular flexibility index (Phi) is 6.78. The van der Waals surface area contributed by atoms with Crippen molar-refractivity contribution in [3.8, 4) is 6.07 Å². The molecule has 3 rings (SSSR count). The zero-order valence-electron chi connectivity index (χ0n) is 17.1. The third-order valence-electron chi connectivity index (χ3n) is 5.96. The van der Waals surface area contributed by atoms with Crippen molar-refractivity contribution in [2.24, 2.45) is 11.8 Å². The summed E-state index contributed by atoms with van der Waals surface area (Å²) in [4.78, 5) is 0. The molecule has 1 fully saturated rings. The normalized spacial score (nSPS) is 20.8. The Morgan fingerprint density at radius 3 is 2.56 bits per heavy atom. The SMILES string of the molecule is CCC1=C(OCCCCC(C)C#N)C=C(C2CC2)C(c2ccc(C)cc2)C1. The Bertz CT molecular complexity index is 731. The fraction of sp³-hybridized carbons (Fsp3) is 0.560. The molecule has 144 valence electrons. The molecule has 2 heteroatoms. The van der Waals surface area contributed by atoms with Crippen LogP contribution >= 0.6 is 0 Å². The first kappa shape index (κ1) is 19.7. The standard InChI is InChI=1S/C25H33NO/c1-4-20-15-23(21-10-8-18(2)9-11-21)24(22-12-13-22)16-25(20)27-14-6-5-7-19(3)17-26/h8-11,16,19,22-23H,4-7,12-15H2,1-3H3. The van der Waals surface area contributed by atoms with Crippen molar-refractivity contribution in [3.05, 3.63) is 58.4 Å². The molecule has 1 aromatic carbocycles. The highest BCUT2D eigenvalue weighted by Crippen LogP contribution is 2.49. The molecule has 0 bridgehead atoms. The van der Waals surface area contributed by atoms with E-state index in [0.717, 1.165) is 50.4 Å². The van der Waals surface area contributed by atoms with Crippen molar-refractivity contribution in [1.29, 1.82) is 5.26 Å². The maximum atomic E-state index is 8.89. The van der Waals surface area contributed by atoms with Crippen LogP contribution in [0.3, 0.4) is 0 Å². The predicted octanol–water partition coefficient (Wildman–Crippen LogP) is 6.83. The molecule has 2 aliphatic rings. The van der Waals surface area contributed by atoms with E-state index in [2.05, 4.69) is 50.3 Å². The minimum Gasteiger partial charge on any atom is -0.494 e. The van der Waals surface area contributed by atoms with E-state index in [1.54, 1.807) is 5.57 Å². The van der Waals surface area contributed by atoms with Crippen molar-refractivity contribution in [3.63, 3.8) is 0 Å². The molecule has 0 aliphatic heterocycles. The number of unbranched alkanes of at least 4 members (excludes halogenated alkanes) is 1. The zero-order chi connectivity index (χ0) is 19.2. The van der Waals surface area contributed by atoms with Crippen LogP contribution in [-0.2, 0) is 4.74 Å². The van der Waals surface area contributed by atoms with Crippen LogP contribution in [0.4, 0.5) is 0 Å². The van der Waals surface area contributed by atoms with Gasteiger partial charge in [-0.05, 0) is 81.9 Å². The lowest BCUT2D eigenvalue weighted by Crippen LogP contribution is -2.13. The summed E-state index contributed by atoms with van der Waals surface area (Å²) in [6, 6.07) is 11.4. The number of ether oxygens (including phenoxy) is 1. The Labute approximate surface area is 164 Å². The van der Waals surface area contributed by atoms with Gasteiger partial charge < -0.3 is 4.74 Å². The fourth-order valence-electron chi connectivity index (χ4n) is 4.01. The van der Waals surface area contributed by atoms with Crippen LogP contribution in [0.2, 0.25) is 0 Å². The topological polar surface area (TPSA) is 33.0 Å². The van der Waals surface area contributed by atoms with Gasteiger partial charge in [0, 0.05) is 11.8 Å². The van der Waals surface area contributed by atoms with Gasteiger partial charge in [0.15, 0.2) is 0 Å². The highest BCUT2D eigenvalue weighted by molar-refractivity contribution is 5.43. The van der Waals surface area contributed by atoms with Gasteiger partial charge in [-0.15, -0.1) is 0 Å². The third kappa shape index (κ3) is 5.25. The van der Waals surface area contributed by atoms with Crippen LogP contribution in [-0.4, -0.2) is 6.61 Å². The highest BCUT2D eigenvalue weighted by Gasteiger charge is 2.35. The molecule has 0 heterocycles. The van der Waals surface area contributed by atoms with Gasteiger partial charge in [-0.25, -0.2) is 0 Å². The van der Waals surface area contributed by atoms with E-state index >= 15 is 0 Å². The Balaban J connectivity index is 1.67. The highest BCUT2D eigenvalue weighted by atomic mass is 16.5. The first-order valence-corrected chi connectivity index (χ1v) is 10.6. The average molecular weight is 364 g/mol. The van der Waals surface area contributed by atoms with E-state index in [-0.39, 0.29) is 5.92 Å². The molecule has 2 aliphatic carbocycles. The van der Waals surface area contributed by atoms with Crippen LogP contribution in [0.15, 0.2) is 47.2 Å². The molecule has 0 N–H and O–H groups in total. The predicted molar refractivity (Wildman–Crippen MR) is 111 cm³/mol. The van der Waals surface area contributed by atoms with E-state index in [0.29, 0.717) is 5.92 Å². The maximum Gasteiger partial charge on any atom is 0.118 e. The number of hydrogen-bond acceptors (Lipinski definition) is 2. The number of benzene rings is 1. The van der Waals surface area contributed by atoms with Gasteiger partial charge in [-0.2, -0.15) is 5.26 Å². The quantitative estimate of drug-likeness (QED) is 0.450. The van der Waals surface area contributed by atoms with E-state index < -0.39 is 0 Å². The second-order valence-electron chi connectivity index (χ2n) is 8.28. The van der Waals surface area contributed by atoms with Gasteiger partial charge in [-0.3, -0.25) is 0 Å². The summed E-state index contributed by atoms with van der Waals surface area (Å²) in [5.74, 6) is 2.57. The lowest BCUT2D eigenvalue weighted by atomic mass is 9.78. The molecule has 27 heavy (non-hydrogen) atoms. The lowest BCUT2D eigenvalue weighted by molar-refractivity contribution is 0.208. The van der Waals surface area contributed by atoms with Gasteiger partial charge >= 0.3 is 0 Å². The zero-order valence-corrected chi connectivity index (χ0v) is 17.1. The third-order valence-corrected chi connectivity index (χ3v) is 5.96. The molecule has 1 aromatic rings. The van der Waals surface area contributed by atoms with Gasteiger partial charge in [-0.1, -0.05) is 42.3 Å². The molecule has 0 amide bonds. The summed E-state index contributed by atoms with van der Waals surface area (Å²) in [7, 11) is 0. The number of allylic oxidation sites excluding steroid dienone is 3. The first-order valence-electron chi connectivity index (χ1n) is 10.6. The van der Waals surface area contributed by atoms with E-state index in [1.165, 1.54) is 29.5 Å². The molecule has 0 saturated heterocycles. The lowest BCUT2D eigenvalue weighted by Gasteiger charge is -2.29. The Morgan fingerprint density at radius 2 is 1.93 bits per heavy atom. The molecule has 0 aromatic heterocycles. The largest absolute Gasteiger partial charge is 0.494 e. The molecular formula is C25H33NO. The number of hydrogen-bond donors (Lipinski definition) is 0. The smallest absolute Gasteiger partial charge is 0.118 e. The van der Waals surface area contributed by atoms with Crippen LogP contribution < -0.4 is 0 Å². The Hall–Kier alpha value is -2.01. The van der Waals surface area contributed by atoms with Crippen molar-refractivity contribution < 1.29 is 4.74 Å². The monoisotopic (exact) mass is 363 g/mol. The summed E-state index contributed by atoms with van der Waals surface area (Å²) in [6.45, 7) is 7.16. The average Bonchev–Trinajstić information content (AvgIpc) is 3.53. The van der Waals surface area contributed by atoms with Gasteiger partial charge in [0.25, 0.3) is 0 Å². The van der Waals surface area contributed by atoms with Gasteiger partial charge in [0.1, 0.15) is 5.76 Å². The molecular weight excluding hydrogens is 330 g/mol. The van der Waals surface area contributed by atoms with Crippen molar-refractivity contribution >= 4 is 0 Å². The number of rotatable bonds is 9. The molecule has 0 spiro atoms. The van der Waals surface area contributed by atoms with Crippen molar-refractivity contribution in [2.75, 3.05) is 6.61 Å². The van der Waals surface area contributed by atoms with Crippen LogP contribution in [0.5, 0.6) is 0 Å². The molecule has 2 nitrogen and oxygen atoms in total. The first-order chi connectivity index (χ1) is 13.1. The number of nitriles is 1. The summed E-state index contributed by atoms with van der Waals surface area (Å²) in [6.07, 6.45) is 10.3. The molecule has 1 saturated carbocycles. The molecule has 2 unspecified atom stereocenters. The summed E-state index contributed by atoms with van der Waals surface area (Å²) in [5, 5.41) is 8.89. The summed E-state index contributed by atoms with van der Waals surface area (Å²) < 4.78 is 6.23. The Morgan fingerprint density at radius 1 is 1.19 bits per heavy atom. The van der Waals surface area contributed by atoms with E-state index in [1.807, 2.05) is 6.92 Å². The summed E-state index contributed by atoms with van der Waals surface area (Å²) in [5.41, 5.74) is 5.82. The number of nitrogens with zero attached hydrogens (tertiary/aromatic N) is 1.